The molecule has 0 spiro atoms. The third kappa shape index (κ3) is 3.14. The van der Waals surface area contributed by atoms with Gasteiger partial charge in [0.05, 0.1) is 12.2 Å². The van der Waals surface area contributed by atoms with E-state index in [4.69, 9.17) is 4.74 Å². The molecule has 0 unspecified atom stereocenters. The number of anilines is 1. The topological polar surface area (TPSA) is 57.9 Å². The summed E-state index contributed by atoms with van der Waals surface area (Å²) in [5.41, 5.74) is 3.79. The van der Waals surface area contributed by atoms with Crippen molar-refractivity contribution in [2.45, 2.75) is 20.1 Å². The van der Waals surface area contributed by atoms with Crippen LogP contribution < -0.4 is 5.32 Å². The van der Waals surface area contributed by atoms with E-state index in [1.165, 1.54) is 0 Å². The molecule has 0 saturated heterocycles. The van der Waals surface area contributed by atoms with Gasteiger partial charge in [-0.25, -0.2) is 4.98 Å². The number of benzene rings is 1. The zero-order valence-corrected chi connectivity index (χ0v) is 11.7. The van der Waals surface area contributed by atoms with Crippen molar-refractivity contribution in [3.05, 3.63) is 58.8 Å². The summed E-state index contributed by atoms with van der Waals surface area (Å²) in [6.45, 7) is 3.10. The predicted molar refractivity (Wildman–Crippen MR) is 78.2 cm³/mol. The summed E-state index contributed by atoms with van der Waals surface area (Å²) in [5.74, 6) is 0.625. The minimum atomic E-state index is 0.574. The van der Waals surface area contributed by atoms with Crippen LogP contribution in [-0.2, 0) is 17.9 Å². The van der Waals surface area contributed by atoms with Crippen molar-refractivity contribution in [1.82, 2.24) is 4.98 Å². The molecule has 102 valence electrons. The van der Waals surface area contributed by atoms with Crippen molar-refractivity contribution in [2.24, 2.45) is 0 Å². The Labute approximate surface area is 119 Å². The Bertz CT molecular complexity index is 632. The molecule has 4 heteroatoms. The van der Waals surface area contributed by atoms with Crippen LogP contribution in [0.1, 0.15) is 22.3 Å². The Morgan fingerprint density at radius 1 is 1.25 bits per heavy atom. The number of ether oxygens (including phenoxy) is 1. The Morgan fingerprint density at radius 2 is 2.00 bits per heavy atom. The van der Waals surface area contributed by atoms with E-state index in [1.807, 2.05) is 37.3 Å². The van der Waals surface area contributed by atoms with Crippen molar-refractivity contribution in [2.75, 3.05) is 12.4 Å². The van der Waals surface area contributed by atoms with Gasteiger partial charge in [-0.2, -0.15) is 5.26 Å². The molecule has 0 aliphatic carbocycles. The minimum Gasteiger partial charge on any atom is -0.380 e. The number of pyridine rings is 1. The molecule has 1 aromatic carbocycles. The van der Waals surface area contributed by atoms with Gasteiger partial charge in [0.1, 0.15) is 11.9 Å². The van der Waals surface area contributed by atoms with Crippen molar-refractivity contribution in [3.8, 4) is 6.07 Å². The lowest BCUT2D eigenvalue weighted by Gasteiger charge is -2.12. The molecule has 0 fully saturated rings. The summed E-state index contributed by atoms with van der Waals surface area (Å²) in [6.07, 6.45) is 1.71. The van der Waals surface area contributed by atoms with Crippen molar-refractivity contribution < 1.29 is 4.74 Å². The van der Waals surface area contributed by atoms with Crippen LogP contribution >= 0.6 is 0 Å². The number of nitrogens with one attached hydrogen (secondary N) is 1. The van der Waals surface area contributed by atoms with Gasteiger partial charge < -0.3 is 10.1 Å². The van der Waals surface area contributed by atoms with Gasteiger partial charge in [-0.1, -0.05) is 24.3 Å². The van der Waals surface area contributed by atoms with Crippen molar-refractivity contribution in [1.29, 1.82) is 5.26 Å². The average molecular weight is 267 g/mol. The lowest BCUT2D eigenvalue weighted by molar-refractivity contribution is 0.184. The molecule has 0 bridgehead atoms. The number of methoxy groups -OCH3 is 1. The first kappa shape index (κ1) is 14.0. The van der Waals surface area contributed by atoms with E-state index in [1.54, 1.807) is 13.3 Å². The first-order valence-electron chi connectivity index (χ1n) is 6.41. The molecule has 0 aliphatic heterocycles. The average Bonchev–Trinajstić information content (AvgIpc) is 2.47. The first-order valence-corrected chi connectivity index (χ1v) is 6.41. The van der Waals surface area contributed by atoms with Crippen LogP contribution in [0, 0.1) is 18.3 Å². The van der Waals surface area contributed by atoms with Gasteiger partial charge in [-0.05, 0) is 29.7 Å². The highest BCUT2D eigenvalue weighted by Crippen LogP contribution is 2.17. The second-order valence-corrected chi connectivity index (χ2v) is 4.52. The van der Waals surface area contributed by atoms with Gasteiger partial charge in [0, 0.05) is 19.9 Å². The molecule has 1 aromatic heterocycles. The van der Waals surface area contributed by atoms with E-state index in [9.17, 15) is 5.26 Å². The molecule has 2 aromatic rings. The highest BCUT2D eigenvalue weighted by Gasteiger charge is 2.07. The Morgan fingerprint density at radius 3 is 2.70 bits per heavy atom. The van der Waals surface area contributed by atoms with Crippen LogP contribution in [0.5, 0.6) is 0 Å². The summed E-state index contributed by atoms with van der Waals surface area (Å²) in [6, 6.07) is 12.1. The van der Waals surface area contributed by atoms with E-state index in [2.05, 4.69) is 16.4 Å². The van der Waals surface area contributed by atoms with E-state index in [0.29, 0.717) is 24.5 Å². The highest BCUT2D eigenvalue weighted by molar-refractivity contribution is 5.55. The molecule has 1 N–H and O–H groups in total. The monoisotopic (exact) mass is 267 g/mol. The number of nitriles is 1. The summed E-state index contributed by atoms with van der Waals surface area (Å²) >= 11 is 0. The summed E-state index contributed by atoms with van der Waals surface area (Å²) in [4.78, 5) is 4.24. The fraction of sp³-hybridized carbons (Fsp3) is 0.250. The zero-order valence-electron chi connectivity index (χ0n) is 11.7. The number of aromatic nitrogens is 1. The molecule has 0 saturated carbocycles. The smallest absolute Gasteiger partial charge is 0.144 e. The van der Waals surface area contributed by atoms with Gasteiger partial charge in [0.15, 0.2) is 0 Å². The fourth-order valence-corrected chi connectivity index (χ4v) is 2.04. The summed E-state index contributed by atoms with van der Waals surface area (Å²) in [7, 11) is 1.68. The molecular formula is C16H17N3O. The minimum absolute atomic E-state index is 0.574. The summed E-state index contributed by atoms with van der Waals surface area (Å²) in [5, 5.41) is 12.4. The second kappa shape index (κ2) is 6.69. The maximum absolute atomic E-state index is 9.19. The number of hydrogen-bond acceptors (Lipinski definition) is 4. The van der Waals surface area contributed by atoms with Gasteiger partial charge in [0.25, 0.3) is 0 Å². The molecule has 1 heterocycles. The largest absolute Gasteiger partial charge is 0.380 e. The van der Waals surface area contributed by atoms with Crippen LogP contribution in [-0.4, -0.2) is 12.1 Å². The number of hydrogen-bond donors (Lipinski definition) is 1. The Hall–Kier alpha value is -2.38. The molecule has 0 aliphatic rings. The van der Waals surface area contributed by atoms with Crippen LogP contribution in [0.3, 0.4) is 0 Å². The number of nitrogens with zero attached hydrogens (tertiary/aromatic N) is 2. The lowest BCUT2D eigenvalue weighted by Crippen LogP contribution is -2.07. The van der Waals surface area contributed by atoms with E-state index >= 15 is 0 Å². The van der Waals surface area contributed by atoms with E-state index in [0.717, 1.165) is 16.7 Å². The standard InChI is InChI=1S/C16H17N3O/c1-12-7-8-18-16(15(12)9-17)19-10-13-5-3-4-6-14(13)11-20-2/h3-8H,10-11H2,1-2H3,(H,18,19). The van der Waals surface area contributed by atoms with Gasteiger partial charge >= 0.3 is 0 Å². The molecular weight excluding hydrogens is 250 g/mol. The van der Waals surface area contributed by atoms with E-state index in [-0.39, 0.29) is 0 Å². The maximum Gasteiger partial charge on any atom is 0.144 e. The van der Waals surface area contributed by atoms with Crippen LogP contribution in [0.15, 0.2) is 36.5 Å². The van der Waals surface area contributed by atoms with Crippen molar-refractivity contribution >= 4 is 5.82 Å². The van der Waals surface area contributed by atoms with Gasteiger partial charge in [0.2, 0.25) is 0 Å². The molecule has 0 radical (unpaired) electrons. The van der Waals surface area contributed by atoms with Crippen LogP contribution in [0.2, 0.25) is 0 Å². The predicted octanol–water partition coefficient (Wildman–Crippen LogP) is 3.02. The van der Waals surface area contributed by atoms with Gasteiger partial charge in [-0.15, -0.1) is 0 Å². The van der Waals surface area contributed by atoms with Crippen LogP contribution in [0.25, 0.3) is 0 Å². The SMILES string of the molecule is COCc1ccccc1CNc1nccc(C)c1C#N. The number of rotatable bonds is 5. The normalized spacial score (nSPS) is 10.1. The maximum atomic E-state index is 9.19. The second-order valence-electron chi connectivity index (χ2n) is 4.52. The lowest BCUT2D eigenvalue weighted by atomic mass is 10.1. The third-order valence-electron chi connectivity index (χ3n) is 3.14. The number of aryl methyl sites for hydroxylation is 1. The molecule has 20 heavy (non-hydrogen) atoms. The fourth-order valence-electron chi connectivity index (χ4n) is 2.04. The Kier molecular flexibility index (Phi) is 4.70. The Balaban J connectivity index is 2.18. The third-order valence-corrected chi connectivity index (χ3v) is 3.14. The molecule has 2 rings (SSSR count). The molecule has 0 amide bonds. The van der Waals surface area contributed by atoms with Crippen molar-refractivity contribution in [3.63, 3.8) is 0 Å². The zero-order chi connectivity index (χ0) is 14.4. The summed E-state index contributed by atoms with van der Waals surface area (Å²) < 4.78 is 5.19. The quantitative estimate of drug-likeness (QED) is 0.904. The molecule has 4 nitrogen and oxygen atoms in total. The van der Waals surface area contributed by atoms with Gasteiger partial charge in [-0.3, -0.25) is 0 Å². The highest BCUT2D eigenvalue weighted by atomic mass is 16.5. The first-order chi connectivity index (χ1) is 9.76. The molecule has 0 atom stereocenters. The van der Waals surface area contributed by atoms with E-state index < -0.39 is 0 Å². The van der Waals surface area contributed by atoms with Crippen LogP contribution in [0.4, 0.5) is 5.82 Å².